The predicted molar refractivity (Wildman–Crippen MR) is 33.9 cm³/mol. The fraction of sp³-hybridized carbons (Fsp3) is 0.400. The molecular formula is C5H7N3O3. The van der Waals surface area contributed by atoms with Crippen LogP contribution in [0.15, 0.2) is 4.52 Å². The quantitative estimate of drug-likeness (QED) is 0.615. The Bertz CT molecular complexity index is 268. The minimum atomic E-state index is -1.22. The van der Waals surface area contributed by atoms with Crippen molar-refractivity contribution in [3.63, 3.8) is 0 Å². The topological polar surface area (TPSA) is 102 Å². The molecule has 6 nitrogen and oxygen atoms in total. The maximum absolute atomic E-state index is 10.2. The molecule has 0 spiro atoms. The van der Waals surface area contributed by atoms with Gasteiger partial charge in [0.2, 0.25) is 5.89 Å². The van der Waals surface area contributed by atoms with Crippen molar-refractivity contribution < 1.29 is 14.4 Å². The highest BCUT2D eigenvalue weighted by molar-refractivity contribution is 5.82. The van der Waals surface area contributed by atoms with Crippen LogP contribution in [0.2, 0.25) is 0 Å². The van der Waals surface area contributed by atoms with Crippen LogP contribution >= 0.6 is 0 Å². The molecule has 0 aliphatic rings. The van der Waals surface area contributed by atoms with Gasteiger partial charge in [0.05, 0.1) is 6.04 Å². The van der Waals surface area contributed by atoms with Gasteiger partial charge in [0.1, 0.15) is 0 Å². The summed E-state index contributed by atoms with van der Waals surface area (Å²) in [5, 5.41) is 11.5. The largest absolute Gasteiger partial charge is 0.475 e. The molecule has 1 atom stereocenters. The lowest BCUT2D eigenvalue weighted by molar-refractivity contribution is 0.0680. The van der Waals surface area contributed by atoms with Crippen LogP contribution < -0.4 is 5.73 Å². The van der Waals surface area contributed by atoms with E-state index in [1.54, 1.807) is 6.92 Å². The zero-order valence-corrected chi connectivity index (χ0v) is 5.81. The molecule has 0 aliphatic heterocycles. The molecule has 0 aromatic carbocycles. The summed E-state index contributed by atoms with van der Waals surface area (Å²) in [5.74, 6) is -1.46. The Kier molecular flexibility index (Phi) is 1.86. The highest BCUT2D eigenvalue weighted by atomic mass is 16.5. The second-order valence-corrected chi connectivity index (χ2v) is 2.05. The summed E-state index contributed by atoms with van der Waals surface area (Å²) < 4.78 is 4.52. The zero-order valence-electron chi connectivity index (χ0n) is 5.81. The lowest BCUT2D eigenvalue weighted by Crippen LogP contribution is -2.06. The lowest BCUT2D eigenvalue weighted by atomic mass is 10.4. The number of nitrogens with zero attached hydrogens (tertiary/aromatic N) is 2. The molecule has 0 saturated heterocycles. The Balaban J connectivity index is 2.90. The number of carboxylic acids is 1. The molecule has 0 saturated carbocycles. The Hall–Kier alpha value is -1.43. The van der Waals surface area contributed by atoms with Crippen LogP contribution in [0.5, 0.6) is 0 Å². The summed E-state index contributed by atoms with van der Waals surface area (Å²) in [5.41, 5.74) is 5.34. The van der Waals surface area contributed by atoms with E-state index in [4.69, 9.17) is 10.8 Å². The fourth-order valence-electron chi connectivity index (χ4n) is 0.507. The molecule has 3 N–H and O–H groups in total. The van der Waals surface area contributed by atoms with Crippen molar-refractivity contribution in [2.75, 3.05) is 0 Å². The van der Waals surface area contributed by atoms with E-state index in [1.807, 2.05) is 0 Å². The number of nitrogens with two attached hydrogens (primary N) is 1. The van der Waals surface area contributed by atoms with Gasteiger partial charge >= 0.3 is 5.97 Å². The van der Waals surface area contributed by atoms with Gasteiger partial charge in [-0.05, 0) is 12.1 Å². The molecule has 6 heteroatoms. The highest BCUT2D eigenvalue weighted by Gasteiger charge is 2.14. The predicted octanol–water partition coefficient (Wildman–Crippen LogP) is -0.213. The van der Waals surface area contributed by atoms with E-state index in [0.717, 1.165) is 0 Å². The Morgan fingerprint density at radius 3 is 2.73 bits per heavy atom. The molecule has 1 aromatic rings. The van der Waals surface area contributed by atoms with Gasteiger partial charge in [-0.3, -0.25) is 0 Å². The first kappa shape index (κ1) is 7.67. The van der Waals surface area contributed by atoms with Gasteiger partial charge in [-0.2, -0.15) is 4.98 Å². The van der Waals surface area contributed by atoms with Gasteiger partial charge in [-0.15, -0.1) is 0 Å². The van der Waals surface area contributed by atoms with Crippen molar-refractivity contribution in [2.24, 2.45) is 5.73 Å². The first-order valence-electron chi connectivity index (χ1n) is 2.93. The molecule has 60 valence electrons. The highest BCUT2D eigenvalue weighted by Crippen LogP contribution is 2.05. The lowest BCUT2D eigenvalue weighted by Gasteiger charge is -1.92. The SMILES string of the molecule is C[C@@H](N)c1nc(C(=O)O)no1. The minimum Gasteiger partial charge on any atom is -0.475 e. The van der Waals surface area contributed by atoms with Crippen molar-refractivity contribution in [1.82, 2.24) is 10.1 Å². The standard InChI is InChI=1S/C5H7N3O3/c1-2(6)4-7-3(5(9)10)8-11-4/h2H,6H2,1H3,(H,9,10)/t2-/m1/s1. The minimum absolute atomic E-state index is 0.127. The number of hydrogen-bond acceptors (Lipinski definition) is 5. The second-order valence-electron chi connectivity index (χ2n) is 2.05. The summed E-state index contributed by atoms with van der Waals surface area (Å²) in [7, 11) is 0. The van der Waals surface area contributed by atoms with E-state index in [2.05, 4.69) is 14.7 Å². The third kappa shape index (κ3) is 1.53. The Morgan fingerprint density at radius 1 is 1.82 bits per heavy atom. The van der Waals surface area contributed by atoms with E-state index in [-0.39, 0.29) is 11.7 Å². The van der Waals surface area contributed by atoms with E-state index in [1.165, 1.54) is 0 Å². The van der Waals surface area contributed by atoms with Crippen LogP contribution in [0.1, 0.15) is 29.5 Å². The Morgan fingerprint density at radius 2 is 2.45 bits per heavy atom. The summed E-state index contributed by atoms with van der Waals surface area (Å²) in [6, 6.07) is -0.435. The molecule has 0 radical (unpaired) electrons. The molecule has 1 rings (SSSR count). The average molecular weight is 157 g/mol. The second kappa shape index (κ2) is 2.67. The number of carbonyl (C=O) groups is 1. The summed E-state index contributed by atoms with van der Waals surface area (Å²) >= 11 is 0. The van der Waals surface area contributed by atoms with Crippen LogP contribution in [-0.4, -0.2) is 21.2 Å². The zero-order chi connectivity index (χ0) is 8.43. The van der Waals surface area contributed by atoms with E-state index in [0.29, 0.717) is 0 Å². The number of aromatic nitrogens is 2. The van der Waals surface area contributed by atoms with Crippen LogP contribution in [0.3, 0.4) is 0 Å². The van der Waals surface area contributed by atoms with Gasteiger partial charge in [0, 0.05) is 0 Å². The van der Waals surface area contributed by atoms with Crippen LogP contribution in [0.4, 0.5) is 0 Å². The van der Waals surface area contributed by atoms with Crippen molar-refractivity contribution in [3.8, 4) is 0 Å². The molecule has 1 aromatic heterocycles. The number of hydrogen-bond donors (Lipinski definition) is 2. The molecular weight excluding hydrogens is 150 g/mol. The van der Waals surface area contributed by atoms with Crippen LogP contribution in [0, 0.1) is 0 Å². The summed E-state index contributed by atoms with van der Waals surface area (Å²) in [6.07, 6.45) is 0. The van der Waals surface area contributed by atoms with Gasteiger partial charge < -0.3 is 15.4 Å². The van der Waals surface area contributed by atoms with Crippen molar-refractivity contribution in [1.29, 1.82) is 0 Å². The molecule has 11 heavy (non-hydrogen) atoms. The van der Waals surface area contributed by atoms with Gasteiger partial charge in [0.15, 0.2) is 0 Å². The number of rotatable bonds is 2. The summed E-state index contributed by atoms with van der Waals surface area (Å²) in [4.78, 5) is 13.7. The number of carboxylic acid groups (broad SMARTS) is 1. The molecule has 0 fully saturated rings. The smallest absolute Gasteiger partial charge is 0.377 e. The van der Waals surface area contributed by atoms with E-state index < -0.39 is 12.0 Å². The molecule has 0 bridgehead atoms. The number of aromatic carboxylic acids is 1. The molecule has 0 aliphatic carbocycles. The van der Waals surface area contributed by atoms with Crippen molar-refractivity contribution in [3.05, 3.63) is 11.7 Å². The first-order valence-corrected chi connectivity index (χ1v) is 2.93. The van der Waals surface area contributed by atoms with E-state index >= 15 is 0 Å². The van der Waals surface area contributed by atoms with Gasteiger partial charge in [0.25, 0.3) is 5.82 Å². The fourth-order valence-corrected chi connectivity index (χ4v) is 0.507. The normalized spacial score (nSPS) is 12.9. The van der Waals surface area contributed by atoms with Crippen molar-refractivity contribution >= 4 is 5.97 Å². The first-order chi connectivity index (χ1) is 5.11. The van der Waals surface area contributed by atoms with Crippen LogP contribution in [0.25, 0.3) is 0 Å². The maximum Gasteiger partial charge on any atom is 0.377 e. The van der Waals surface area contributed by atoms with E-state index in [9.17, 15) is 4.79 Å². The van der Waals surface area contributed by atoms with Gasteiger partial charge in [-0.1, -0.05) is 0 Å². The van der Waals surface area contributed by atoms with Crippen LogP contribution in [-0.2, 0) is 0 Å². The third-order valence-electron chi connectivity index (χ3n) is 1.02. The molecule has 1 heterocycles. The molecule has 0 amide bonds. The third-order valence-corrected chi connectivity index (χ3v) is 1.02. The average Bonchev–Trinajstić information content (AvgIpc) is 2.33. The monoisotopic (exact) mass is 157 g/mol. The molecule has 0 unspecified atom stereocenters. The van der Waals surface area contributed by atoms with Gasteiger partial charge in [-0.25, -0.2) is 4.79 Å². The maximum atomic E-state index is 10.2. The Labute approximate surface area is 62.0 Å². The van der Waals surface area contributed by atoms with Crippen molar-refractivity contribution in [2.45, 2.75) is 13.0 Å². The summed E-state index contributed by atoms with van der Waals surface area (Å²) in [6.45, 7) is 1.62.